The van der Waals surface area contributed by atoms with E-state index < -0.39 is 18.0 Å². The molecule has 31 heavy (non-hydrogen) atoms. The zero-order chi connectivity index (χ0) is 22.1. The summed E-state index contributed by atoms with van der Waals surface area (Å²) < 4.78 is 33.8. The minimum Gasteiger partial charge on any atom is -0.494 e. The van der Waals surface area contributed by atoms with Crippen LogP contribution in [0.25, 0.3) is 21.3 Å². The molecule has 1 aromatic carbocycles. The first-order valence-corrected chi connectivity index (χ1v) is 10.9. The Balaban J connectivity index is 1.76. The number of methoxy groups -OCH3 is 1. The van der Waals surface area contributed by atoms with E-state index in [-0.39, 0.29) is 11.3 Å². The summed E-state index contributed by atoms with van der Waals surface area (Å²) in [5.41, 5.74) is 1.96. The van der Waals surface area contributed by atoms with Gasteiger partial charge in [0.15, 0.2) is 5.13 Å². The second-order valence-electron chi connectivity index (χ2n) is 6.57. The summed E-state index contributed by atoms with van der Waals surface area (Å²) in [6.07, 6.45) is -0.114. The van der Waals surface area contributed by atoms with Crippen molar-refractivity contribution in [3.05, 3.63) is 63.2 Å². The molecule has 6 nitrogen and oxygen atoms in total. The number of fused-ring (bicyclic) bond motifs is 1. The van der Waals surface area contributed by atoms with Crippen molar-refractivity contribution in [2.24, 2.45) is 0 Å². The molecule has 0 saturated carbocycles. The molecular formula is C21H15F2IN4O2S. The van der Waals surface area contributed by atoms with Crippen molar-refractivity contribution in [3.63, 3.8) is 0 Å². The first-order chi connectivity index (χ1) is 14.9. The standard InChI is InChI=1S/C21H15F2IN4O2S/c1-10-5-12(13-7-16(19(22)23)26-9-17(13)30-2)14(8-25-10)20(29)28-21-27-15-4-3-11(24)6-18(15)31-21/h3-9,19H,1-2H3,(H,27,28,29). The van der Waals surface area contributed by atoms with Gasteiger partial charge >= 0.3 is 0 Å². The quantitative estimate of drug-likeness (QED) is 0.314. The lowest BCUT2D eigenvalue weighted by Gasteiger charge is -2.14. The van der Waals surface area contributed by atoms with Gasteiger partial charge in [-0.2, -0.15) is 0 Å². The molecule has 1 N–H and O–H groups in total. The van der Waals surface area contributed by atoms with Gasteiger partial charge < -0.3 is 4.74 Å². The Labute approximate surface area is 193 Å². The van der Waals surface area contributed by atoms with Crippen molar-refractivity contribution >= 4 is 55.2 Å². The van der Waals surface area contributed by atoms with Crippen LogP contribution in [0.5, 0.6) is 5.75 Å². The Morgan fingerprint density at radius 2 is 1.97 bits per heavy atom. The van der Waals surface area contributed by atoms with Gasteiger partial charge in [-0.15, -0.1) is 0 Å². The van der Waals surface area contributed by atoms with Crippen LogP contribution in [0.2, 0.25) is 0 Å². The fraction of sp³-hybridized carbons (Fsp3) is 0.143. The number of hydrogen-bond donors (Lipinski definition) is 1. The van der Waals surface area contributed by atoms with Crippen LogP contribution in [0.4, 0.5) is 13.9 Å². The number of thiazole rings is 1. The van der Waals surface area contributed by atoms with E-state index in [1.54, 1.807) is 13.0 Å². The van der Waals surface area contributed by atoms with Crippen LogP contribution in [0, 0.1) is 10.5 Å². The number of hydrogen-bond acceptors (Lipinski definition) is 6. The fourth-order valence-corrected chi connectivity index (χ4v) is 4.63. The van der Waals surface area contributed by atoms with Crippen LogP contribution >= 0.6 is 33.9 Å². The maximum atomic E-state index is 13.3. The van der Waals surface area contributed by atoms with Gasteiger partial charge in [0.1, 0.15) is 11.4 Å². The van der Waals surface area contributed by atoms with Crippen LogP contribution < -0.4 is 10.1 Å². The molecule has 4 aromatic rings. The van der Waals surface area contributed by atoms with Crippen LogP contribution in [-0.2, 0) is 0 Å². The van der Waals surface area contributed by atoms with E-state index in [1.165, 1.54) is 36.9 Å². The molecule has 0 bridgehead atoms. The highest BCUT2D eigenvalue weighted by Crippen LogP contribution is 2.35. The van der Waals surface area contributed by atoms with Gasteiger partial charge in [0.25, 0.3) is 12.3 Å². The summed E-state index contributed by atoms with van der Waals surface area (Å²) in [5.74, 6) is -0.174. The third-order valence-electron chi connectivity index (χ3n) is 4.48. The van der Waals surface area contributed by atoms with Crippen molar-refractivity contribution in [3.8, 4) is 16.9 Å². The summed E-state index contributed by atoms with van der Waals surface area (Å²) in [6, 6.07) is 8.69. The van der Waals surface area contributed by atoms with Crippen molar-refractivity contribution in [1.82, 2.24) is 15.0 Å². The smallest absolute Gasteiger partial charge is 0.280 e. The largest absolute Gasteiger partial charge is 0.494 e. The van der Waals surface area contributed by atoms with E-state index in [9.17, 15) is 13.6 Å². The van der Waals surface area contributed by atoms with E-state index in [1.807, 2.05) is 18.2 Å². The first kappa shape index (κ1) is 21.5. The third kappa shape index (κ3) is 4.49. The molecule has 0 radical (unpaired) electrons. The highest BCUT2D eigenvalue weighted by Gasteiger charge is 2.21. The molecule has 10 heteroatoms. The lowest BCUT2D eigenvalue weighted by Crippen LogP contribution is -2.14. The average molecular weight is 552 g/mol. The summed E-state index contributed by atoms with van der Waals surface area (Å²) in [5, 5.41) is 3.23. The molecule has 3 heterocycles. The first-order valence-electron chi connectivity index (χ1n) is 9.02. The number of halogens is 3. The minimum absolute atomic E-state index is 0.212. The van der Waals surface area contributed by atoms with Gasteiger partial charge in [-0.3, -0.25) is 20.1 Å². The van der Waals surface area contributed by atoms with Crippen LogP contribution in [-0.4, -0.2) is 28.0 Å². The van der Waals surface area contributed by atoms with Crippen molar-refractivity contribution in [2.45, 2.75) is 13.3 Å². The van der Waals surface area contributed by atoms with Crippen molar-refractivity contribution < 1.29 is 18.3 Å². The number of ether oxygens (including phenoxy) is 1. The molecule has 0 unspecified atom stereocenters. The van der Waals surface area contributed by atoms with E-state index in [0.717, 1.165) is 13.8 Å². The molecule has 3 aromatic heterocycles. The third-order valence-corrected chi connectivity index (χ3v) is 6.08. The van der Waals surface area contributed by atoms with Crippen molar-refractivity contribution in [1.29, 1.82) is 0 Å². The van der Waals surface area contributed by atoms with Gasteiger partial charge in [0, 0.05) is 26.6 Å². The predicted molar refractivity (Wildman–Crippen MR) is 124 cm³/mol. The number of amides is 1. The normalized spacial score (nSPS) is 11.2. The molecule has 4 rings (SSSR count). The Bertz CT molecular complexity index is 1300. The van der Waals surface area contributed by atoms with E-state index in [2.05, 4.69) is 42.9 Å². The summed E-state index contributed by atoms with van der Waals surface area (Å²) in [7, 11) is 1.42. The maximum absolute atomic E-state index is 13.3. The minimum atomic E-state index is -2.75. The summed E-state index contributed by atoms with van der Waals surface area (Å²) in [6.45, 7) is 1.75. The highest BCUT2D eigenvalue weighted by molar-refractivity contribution is 14.1. The molecule has 1 amide bonds. The average Bonchev–Trinajstić information content (AvgIpc) is 3.14. The van der Waals surface area contributed by atoms with Gasteiger partial charge in [-0.1, -0.05) is 11.3 Å². The highest BCUT2D eigenvalue weighted by atomic mass is 127. The zero-order valence-electron chi connectivity index (χ0n) is 16.3. The predicted octanol–water partition coefficient (Wildman–Crippen LogP) is 5.86. The van der Waals surface area contributed by atoms with E-state index >= 15 is 0 Å². The number of alkyl halides is 2. The number of aromatic nitrogens is 3. The van der Waals surface area contributed by atoms with Gasteiger partial charge in [0.2, 0.25) is 0 Å². The number of nitrogens with one attached hydrogen (secondary N) is 1. The van der Waals surface area contributed by atoms with E-state index in [4.69, 9.17) is 4.74 Å². The number of carbonyl (C=O) groups excluding carboxylic acids is 1. The molecule has 0 saturated heterocycles. The number of pyridine rings is 2. The summed E-state index contributed by atoms with van der Waals surface area (Å²) in [4.78, 5) is 25.5. The number of benzene rings is 1. The molecule has 158 valence electrons. The monoisotopic (exact) mass is 552 g/mol. The van der Waals surface area contributed by atoms with Crippen LogP contribution in [0.1, 0.15) is 28.2 Å². The molecule has 0 fully saturated rings. The molecule has 0 atom stereocenters. The number of aryl methyl sites for hydroxylation is 1. The van der Waals surface area contributed by atoms with E-state index in [0.29, 0.717) is 22.0 Å². The van der Waals surface area contributed by atoms with Gasteiger partial charge in [-0.25, -0.2) is 13.8 Å². The second kappa shape index (κ2) is 8.79. The molecular weight excluding hydrogens is 537 g/mol. The lowest BCUT2D eigenvalue weighted by atomic mass is 9.99. The molecule has 0 aliphatic rings. The Kier molecular flexibility index (Phi) is 6.10. The number of nitrogens with zero attached hydrogens (tertiary/aromatic N) is 3. The number of rotatable bonds is 5. The Hall–Kier alpha value is -2.73. The second-order valence-corrected chi connectivity index (χ2v) is 8.84. The molecule has 0 spiro atoms. The van der Waals surface area contributed by atoms with Gasteiger partial charge in [-0.05, 0) is 59.8 Å². The van der Waals surface area contributed by atoms with Crippen LogP contribution in [0.3, 0.4) is 0 Å². The zero-order valence-corrected chi connectivity index (χ0v) is 19.3. The SMILES string of the molecule is COc1cnc(C(F)F)cc1-c1cc(C)ncc1C(=O)Nc1nc2ccc(I)cc2s1. The topological polar surface area (TPSA) is 77.0 Å². The number of anilines is 1. The maximum Gasteiger partial charge on any atom is 0.280 e. The number of carbonyl (C=O) groups is 1. The van der Waals surface area contributed by atoms with Gasteiger partial charge in [0.05, 0.1) is 29.1 Å². The summed E-state index contributed by atoms with van der Waals surface area (Å²) >= 11 is 3.56. The Morgan fingerprint density at radius 1 is 1.16 bits per heavy atom. The van der Waals surface area contributed by atoms with Crippen LogP contribution in [0.15, 0.2) is 42.7 Å². The fourth-order valence-electron chi connectivity index (χ4n) is 3.03. The Morgan fingerprint density at radius 3 is 2.71 bits per heavy atom. The lowest BCUT2D eigenvalue weighted by molar-refractivity contribution is 0.102. The molecule has 0 aliphatic heterocycles. The molecule has 0 aliphatic carbocycles. The van der Waals surface area contributed by atoms with Crippen molar-refractivity contribution in [2.75, 3.05) is 12.4 Å².